The Morgan fingerprint density at radius 1 is 1.88 bits per heavy atom. The Labute approximate surface area is 49.7 Å². The van der Waals surface area contributed by atoms with Crippen molar-refractivity contribution in [1.29, 1.82) is 0 Å². The van der Waals surface area contributed by atoms with E-state index in [1.165, 1.54) is 0 Å². The van der Waals surface area contributed by atoms with Gasteiger partial charge >= 0.3 is 0 Å². The molecule has 0 amide bonds. The zero-order valence-corrected chi connectivity index (χ0v) is 5.23. The van der Waals surface area contributed by atoms with Gasteiger partial charge in [-0.05, 0) is 0 Å². The highest BCUT2D eigenvalue weighted by molar-refractivity contribution is 6.30. The Morgan fingerprint density at radius 3 is 2.88 bits per heavy atom. The van der Waals surface area contributed by atoms with Crippen LogP contribution in [-0.2, 0) is 6.42 Å². The first-order chi connectivity index (χ1) is 3.83. The lowest BCUT2D eigenvalue weighted by molar-refractivity contribution is 0.993. The van der Waals surface area contributed by atoms with E-state index in [1.54, 1.807) is 0 Å². The molecule has 2 nitrogen and oxygen atoms in total. The second kappa shape index (κ2) is 2.03. The molecule has 1 rings (SSSR count). The highest BCUT2D eigenvalue weighted by atomic mass is 14.9. The molecule has 0 bridgehead atoms. The second-order valence-corrected chi connectivity index (χ2v) is 1.84. The van der Waals surface area contributed by atoms with Gasteiger partial charge in [0, 0.05) is 18.2 Å². The minimum absolute atomic E-state index is 0.994. The van der Waals surface area contributed by atoms with E-state index in [0.717, 1.165) is 17.8 Å². The van der Waals surface area contributed by atoms with Crippen LogP contribution in [0.1, 0.15) is 12.7 Å². The van der Waals surface area contributed by atoms with Gasteiger partial charge in [-0.15, -0.1) is 0 Å². The minimum Gasteiger partial charge on any atom is -0.349 e. The first kappa shape index (κ1) is 5.41. The number of aromatic amines is 1. The Hall–Kier alpha value is -0.725. The van der Waals surface area contributed by atoms with E-state index in [4.69, 9.17) is 0 Å². The highest BCUT2D eigenvalue weighted by Gasteiger charge is 1.89. The van der Waals surface area contributed by atoms with Gasteiger partial charge in [0.25, 0.3) is 0 Å². The van der Waals surface area contributed by atoms with Crippen LogP contribution < -0.4 is 5.59 Å². The minimum atomic E-state index is 0.994. The lowest BCUT2D eigenvalue weighted by Crippen LogP contribution is -2.01. The van der Waals surface area contributed by atoms with E-state index in [0.29, 0.717) is 0 Å². The van der Waals surface area contributed by atoms with E-state index in [2.05, 4.69) is 16.9 Å². The molecule has 0 spiro atoms. The van der Waals surface area contributed by atoms with Gasteiger partial charge in [0.1, 0.15) is 5.82 Å². The summed E-state index contributed by atoms with van der Waals surface area (Å²) in [5.41, 5.74) is 1.07. The lowest BCUT2D eigenvalue weighted by atomic mass is 10.1. The molecule has 1 aromatic rings. The van der Waals surface area contributed by atoms with Crippen molar-refractivity contribution in [3.63, 3.8) is 0 Å². The molecule has 0 fully saturated rings. The second-order valence-electron chi connectivity index (χ2n) is 1.84. The largest absolute Gasteiger partial charge is 0.349 e. The van der Waals surface area contributed by atoms with Crippen molar-refractivity contribution in [2.45, 2.75) is 13.3 Å². The molecule has 0 aliphatic heterocycles. The summed E-state index contributed by atoms with van der Waals surface area (Å²) in [4.78, 5) is 7.22. The number of imidazole rings is 1. The van der Waals surface area contributed by atoms with Crippen molar-refractivity contribution in [3.8, 4) is 0 Å². The van der Waals surface area contributed by atoms with E-state index >= 15 is 0 Å². The Kier molecular flexibility index (Phi) is 1.37. The standard InChI is InChI=1S/C5H9BN2/c1-2-5-7-3-4(6)8-5/h3H,2,6H2,1H3,(H,7,8). The third kappa shape index (κ3) is 0.913. The molecule has 3 heteroatoms. The normalized spacial score (nSPS) is 9.62. The molecular weight excluding hydrogens is 98.9 g/mol. The van der Waals surface area contributed by atoms with Gasteiger partial charge in [-0.2, -0.15) is 0 Å². The highest BCUT2D eigenvalue weighted by Crippen LogP contribution is 1.83. The van der Waals surface area contributed by atoms with Crippen LogP contribution in [0.4, 0.5) is 0 Å². The van der Waals surface area contributed by atoms with Crippen LogP contribution in [-0.4, -0.2) is 17.8 Å². The van der Waals surface area contributed by atoms with Crippen molar-refractivity contribution in [2.24, 2.45) is 0 Å². The number of hydrogen-bond acceptors (Lipinski definition) is 1. The summed E-state index contributed by atoms with van der Waals surface area (Å²) in [5, 5.41) is 0. The van der Waals surface area contributed by atoms with Gasteiger partial charge in [0.15, 0.2) is 7.85 Å². The number of aryl methyl sites for hydroxylation is 1. The van der Waals surface area contributed by atoms with Gasteiger partial charge in [-0.3, -0.25) is 0 Å². The fourth-order valence-electron chi connectivity index (χ4n) is 0.646. The molecule has 0 unspecified atom stereocenters. The first-order valence-corrected chi connectivity index (χ1v) is 2.84. The third-order valence-electron chi connectivity index (χ3n) is 1.09. The van der Waals surface area contributed by atoms with Crippen LogP contribution in [0.2, 0.25) is 0 Å². The number of rotatable bonds is 1. The van der Waals surface area contributed by atoms with E-state index in [-0.39, 0.29) is 0 Å². The number of nitrogens with zero attached hydrogens (tertiary/aromatic N) is 1. The predicted molar refractivity (Wildman–Crippen MR) is 36.1 cm³/mol. The van der Waals surface area contributed by atoms with Gasteiger partial charge in [-0.25, -0.2) is 4.98 Å². The monoisotopic (exact) mass is 108 g/mol. The molecule has 42 valence electrons. The zero-order chi connectivity index (χ0) is 5.98. The number of hydrogen-bond donors (Lipinski definition) is 1. The van der Waals surface area contributed by atoms with Crippen LogP contribution in [0.5, 0.6) is 0 Å². The molecular formula is C5H9BN2. The molecule has 1 heterocycles. The van der Waals surface area contributed by atoms with Crippen LogP contribution in [0, 0.1) is 0 Å². The molecule has 0 aliphatic rings. The SMILES string of the molecule is Bc1c[nH]c(CC)n1. The number of nitrogens with one attached hydrogen (secondary N) is 1. The fourth-order valence-corrected chi connectivity index (χ4v) is 0.646. The first-order valence-electron chi connectivity index (χ1n) is 2.84. The average molecular weight is 108 g/mol. The Bertz CT molecular complexity index is 171. The van der Waals surface area contributed by atoms with E-state index in [9.17, 15) is 0 Å². The molecule has 1 N–H and O–H groups in total. The molecule has 0 atom stereocenters. The van der Waals surface area contributed by atoms with Crippen LogP contribution >= 0.6 is 0 Å². The molecule has 0 saturated heterocycles. The summed E-state index contributed by atoms with van der Waals surface area (Å²) in [5.74, 6) is 1.07. The summed E-state index contributed by atoms with van der Waals surface area (Å²) in [6.45, 7) is 2.08. The predicted octanol–water partition coefficient (Wildman–Crippen LogP) is -0.770. The van der Waals surface area contributed by atoms with Gasteiger partial charge in [0.05, 0.1) is 0 Å². The molecule has 1 aromatic heterocycles. The maximum atomic E-state index is 4.17. The van der Waals surface area contributed by atoms with Crippen molar-refractivity contribution in [2.75, 3.05) is 0 Å². The van der Waals surface area contributed by atoms with Crippen molar-refractivity contribution >= 4 is 13.4 Å². The van der Waals surface area contributed by atoms with Crippen LogP contribution in [0.3, 0.4) is 0 Å². The van der Waals surface area contributed by atoms with Crippen molar-refractivity contribution in [1.82, 2.24) is 9.97 Å². The topological polar surface area (TPSA) is 28.7 Å². The van der Waals surface area contributed by atoms with Crippen LogP contribution in [0.25, 0.3) is 0 Å². The molecule has 0 radical (unpaired) electrons. The zero-order valence-electron chi connectivity index (χ0n) is 5.23. The van der Waals surface area contributed by atoms with Gasteiger partial charge in [-0.1, -0.05) is 6.92 Å². The van der Waals surface area contributed by atoms with Crippen LogP contribution in [0.15, 0.2) is 6.20 Å². The summed E-state index contributed by atoms with van der Waals surface area (Å²) in [6.07, 6.45) is 2.91. The number of H-pyrrole nitrogens is 1. The summed E-state index contributed by atoms with van der Waals surface area (Å²) >= 11 is 0. The molecule has 8 heavy (non-hydrogen) atoms. The van der Waals surface area contributed by atoms with Gasteiger partial charge in [0.2, 0.25) is 0 Å². The van der Waals surface area contributed by atoms with Crippen molar-refractivity contribution in [3.05, 3.63) is 12.0 Å². The average Bonchev–Trinajstić information content (AvgIpc) is 2.14. The maximum absolute atomic E-state index is 4.17. The maximum Gasteiger partial charge on any atom is 0.166 e. The van der Waals surface area contributed by atoms with Gasteiger partial charge < -0.3 is 4.98 Å². The molecule has 0 aliphatic carbocycles. The summed E-state index contributed by atoms with van der Waals surface area (Å²) < 4.78 is 0. The number of aromatic nitrogens is 2. The molecule has 0 saturated carbocycles. The third-order valence-corrected chi connectivity index (χ3v) is 1.09. The lowest BCUT2D eigenvalue weighted by Gasteiger charge is -1.80. The smallest absolute Gasteiger partial charge is 0.166 e. The van der Waals surface area contributed by atoms with E-state index < -0.39 is 0 Å². The van der Waals surface area contributed by atoms with E-state index in [1.807, 2.05) is 14.0 Å². The Morgan fingerprint density at radius 2 is 2.62 bits per heavy atom. The Balaban J connectivity index is 2.84. The fraction of sp³-hybridized carbons (Fsp3) is 0.400. The quantitative estimate of drug-likeness (QED) is 0.470. The summed E-state index contributed by atoms with van der Waals surface area (Å²) in [6, 6.07) is 0. The summed E-state index contributed by atoms with van der Waals surface area (Å²) in [7, 11) is 1.98. The molecule has 0 aromatic carbocycles. The van der Waals surface area contributed by atoms with Crippen molar-refractivity contribution < 1.29 is 0 Å².